The van der Waals surface area contributed by atoms with Crippen molar-refractivity contribution in [3.05, 3.63) is 193 Å². The average molecular weight is 787 g/mol. The first kappa shape index (κ1) is 39.8. The van der Waals surface area contributed by atoms with E-state index in [0.29, 0.717) is 11.8 Å². The van der Waals surface area contributed by atoms with Crippen LogP contribution in [0.4, 0.5) is 28.4 Å². The molecule has 9 rings (SSSR count). The molecule has 2 heteroatoms. The molecule has 0 amide bonds. The van der Waals surface area contributed by atoms with Gasteiger partial charge in [-0.15, -0.1) is 0 Å². The molecule has 0 saturated carbocycles. The van der Waals surface area contributed by atoms with Gasteiger partial charge in [0.05, 0.1) is 0 Å². The molecule has 3 aliphatic rings. The molecule has 0 bridgehead atoms. The van der Waals surface area contributed by atoms with Crippen LogP contribution in [-0.2, 0) is 10.8 Å². The van der Waals surface area contributed by atoms with Crippen LogP contribution < -0.4 is 9.80 Å². The van der Waals surface area contributed by atoms with E-state index >= 15 is 0 Å². The van der Waals surface area contributed by atoms with Crippen LogP contribution in [-0.4, -0.2) is 0 Å². The number of fused-ring (bicyclic) bond motifs is 7. The van der Waals surface area contributed by atoms with Crippen molar-refractivity contribution in [1.82, 2.24) is 0 Å². The van der Waals surface area contributed by atoms with Crippen molar-refractivity contribution >= 4 is 28.4 Å². The van der Waals surface area contributed by atoms with Crippen LogP contribution in [0, 0.1) is 68.2 Å². The van der Waals surface area contributed by atoms with E-state index in [0.717, 1.165) is 0 Å². The van der Waals surface area contributed by atoms with Crippen LogP contribution in [0.25, 0.3) is 11.1 Å². The molecule has 2 nitrogen and oxygen atoms in total. The summed E-state index contributed by atoms with van der Waals surface area (Å²) in [6.07, 6.45) is 5.10. The Bertz CT molecular complexity index is 2740. The highest BCUT2D eigenvalue weighted by molar-refractivity contribution is 5.90. The maximum Gasteiger partial charge on any atom is 0.0467 e. The van der Waals surface area contributed by atoms with E-state index in [2.05, 4.69) is 216 Å². The molecule has 6 aromatic rings. The third kappa shape index (κ3) is 6.04. The number of hydrogen-bond acceptors (Lipinski definition) is 2. The van der Waals surface area contributed by atoms with Crippen LogP contribution in [0.3, 0.4) is 0 Å². The Morgan fingerprint density at radius 3 is 1.35 bits per heavy atom. The summed E-state index contributed by atoms with van der Waals surface area (Å²) in [6, 6.07) is 37.6. The minimum absolute atomic E-state index is 0.106. The lowest BCUT2D eigenvalue weighted by Gasteiger charge is -2.37. The highest BCUT2D eigenvalue weighted by Crippen LogP contribution is 2.63. The van der Waals surface area contributed by atoms with Crippen molar-refractivity contribution in [2.45, 2.75) is 114 Å². The second-order valence-corrected chi connectivity index (χ2v) is 19.7. The summed E-state index contributed by atoms with van der Waals surface area (Å²) in [5.74, 6) is 0.632. The van der Waals surface area contributed by atoms with Crippen molar-refractivity contribution in [3.8, 4) is 11.1 Å². The first-order chi connectivity index (χ1) is 28.4. The Hall–Kier alpha value is -5.60. The van der Waals surface area contributed by atoms with Crippen LogP contribution in [0.1, 0.15) is 113 Å². The molecule has 2 atom stereocenters. The average Bonchev–Trinajstić information content (AvgIpc) is 3.57. The second-order valence-electron chi connectivity index (χ2n) is 19.7. The first-order valence-corrected chi connectivity index (χ1v) is 22.0. The van der Waals surface area contributed by atoms with Gasteiger partial charge in [0.1, 0.15) is 0 Å². The van der Waals surface area contributed by atoms with Crippen molar-refractivity contribution in [2.24, 2.45) is 5.92 Å². The molecule has 0 N–H and O–H groups in total. The monoisotopic (exact) mass is 786 g/mol. The Kier molecular flexibility index (Phi) is 9.28. The summed E-state index contributed by atoms with van der Waals surface area (Å²) in [5, 5.41) is 0. The zero-order valence-corrected chi connectivity index (χ0v) is 38.4. The summed E-state index contributed by atoms with van der Waals surface area (Å²) in [7, 11) is 0. The van der Waals surface area contributed by atoms with E-state index in [4.69, 9.17) is 0 Å². The Labute approximate surface area is 360 Å². The van der Waals surface area contributed by atoms with Gasteiger partial charge in [0.25, 0.3) is 0 Å². The summed E-state index contributed by atoms with van der Waals surface area (Å²) >= 11 is 0. The second kappa shape index (κ2) is 14.0. The number of benzene rings is 6. The highest BCUT2D eigenvalue weighted by atomic mass is 15.2. The largest absolute Gasteiger partial charge is 0.311 e. The lowest BCUT2D eigenvalue weighted by molar-refractivity contribution is 0.380. The Morgan fingerprint density at radius 2 is 0.883 bits per heavy atom. The number of anilines is 5. The molecular weight excluding hydrogens is 725 g/mol. The summed E-state index contributed by atoms with van der Waals surface area (Å²) in [6.45, 7) is 32.5. The molecule has 0 heterocycles. The number of aryl methyl sites for hydroxylation is 9. The molecule has 0 spiro atoms. The van der Waals surface area contributed by atoms with Gasteiger partial charge in [-0.1, -0.05) is 75.7 Å². The SMILES string of the molecule is CC1=CC(N(c2ccc(C)c(C)c2)c2ccc(C)c(C)c2)=CC2C1c1ccc3c(c1C2(C)C)C(C)(C)c1cc(N(c2ccc(C)c(C)c2)c2ccc(C)c(C)c2)cc(C)c1-3. The molecule has 0 fully saturated rings. The smallest absolute Gasteiger partial charge is 0.0467 e. The number of nitrogens with zero attached hydrogens (tertiary/aromatic N) is 2. The van der Waals surface area contributed by atoms with Crippen LogP contribution in [0.15, 0.2) is 120 Å². The van der Waals surface area contributed by atoms with E-state index in [9.17, 15) is 0 Å². The summed E-state index contributed by atoms with van der Waals surface area (Å²) < 4.78 is 0. The molecule has 3 aliphatic carbocycles. The predicted molar refractivity (Wildman–Crippen MR) is 257 cm³/mol. The van der Waals surface area contributed by atoms with Gasteiger partial charge < -0.3 is 9.80 Å². The zero-order chi connectivity index (χ0) is 42.7. The normalized spacial score (nSPS) is 18.0. The van der Waals surface area contributed by atoms with E-state index < -0.39 is 0 Å². The van der Waals surface area contributed by atoms with Gasteiger partial charge >= 0.3 is 0 Å². The lowest BCUT2D eigenvalue weighted by atomic mass is 9.69. The summed E-state index contributed by atoms with van der Waals surface area (Å²) in [5.41, 5.74) is 29.0. The van der Waals surface area contributed by atoms with Gasteiger partial charge in [0.2, 0.25) is 0 Å². The van der Waals surface area contributed by atoms with Gasteiger partial charge in [-0.05, 0) is 231 Å². The molecule has 6 aromatic carbocycles. The lowest BCUT2D eigenvalue weighted by Crippen LogP contribution is -2.31. The number of hydrogen-bond donors (Lipinski definition) is 0. The zero-order valence-electron chi connectivity index (χ0n) is 38.4. The van der Waals surface area contributed by atoms with Crippen LogP contribution in [0.2, 0.25) is 0 Å². The van der Waals surface area contributed by atoms with Crippen molar-refractivity contribution in [3.63, 3.8) is 0 Å². The Morgan fingerprint density at radius 1 is 0.433 bits per heavy atom. The van der Waals surface area contributed by atoms with Crippen LogP contribution in [0.5, 0.6) is 0 Å². The fourth-order valence-corrected chi connectivity index (χ4v) is 11.0. The van der Waals surface area contributed by atoms with Gasteiger partial charge in [-0.2, -0.15) is 0 Å². The first-order valence-electron chi connectivity index (χ1n) is 22.0. The minimum Gasteiger partial charge on any atom is -0.311 e. The van der Waals surface area contributed by atoms with Gasteiger partial charge in [0.15, 0.2) is 0 Å². The fraction of sp³-hybridized carbons (Fsp3) is 0.310. The van der Waals surface area contributed by atoms with E-state index in [1.807, 2.05) is 0 Å². The predicted octanol–water partition coefficient (Wildman–Crippen LogP) is 15.9. The fourth-order valence-electron chi connectivity index (χ4n) is 11.0. The van der Waals surface area contributed by atoms with Gasteiger partial charge in [0, 0.05) is 45.5 Å². The molecular formula is C58H62N2. The maximum atomic E-state index is 2.62. The van der Waals surface area contributed by atoms with Gasteiger partial charge in [-0.25, -0.2) is 0 Å². The molecule has 0 aliphatic heterocycles. The maximum absolute atomic E-state index is 2.62. The summed E-state index contributed by atoms with van der Waals surface area (Å²) in [4.78, 5) is 4.98. The minimum atomic E-state index is -0.200. The standard InChI is InChI=1S/C58H62N2/c1-33-15-19-43(25-37(33)5)59(44-20-16-34(2)38(6)26-44)47-29-41(9)53-49-23-24-50-54-42(10)30-48(32-52(54)58(13,14)56(50)55(49)57(11,12)51(53)31-47)60(45-21-17-35(3)39(7)27-45)46-22-18-36(4)40(8)28-46/h15-32,51,53H,1-14H3. The molecule has 2 unspecified atom stereocenters. The van der Waals surface area contributed by atoms with Crippen molar-refractivity contribution < 1.29 is 0 Å². The topological polar surface area (TPSA) is 6.48 Å². The van der Waals surface area contributed by atoms with E-state index in [1.54, 1.807) is 5.56 Å². The van der Waals surface area contributed by atoms with Gasteiger partial charge in [-0.3, -0.25) is 0 Å². The van der Waals surface area contributed by atoms with Crippen LogP contribution >= 0.6 is 0 Å². The molecule has 60 heavy (non-hydrogen) atoms. The van der Waals surface area contributed by atoms with E-state index in [1.165, 1.54) is 118 Å². The van der Waals surface area contributed by atoms with Crippen molar-refractivity contribution in [1.29, 1.82) is 0 Å². The van der Waals surface area contributed by atoms with Crippen molar-refractivity contribution in [2.75, 3.05) is 9.80 Å². The quantitative estimate of drug-likeness (QED) is 0.166. The number of rotatable bonds is 6. The molecule has 0 radical (unpaired) electrons. The molecule has 0 aromatic heterocycles. The van der Waals surface area contributed by atoms with E-state index in [-0.39, 0.29) is 10.8 Å². The highest BCUT2D eigenvalue weighted by Gasteiger charge is 2.52. The number of allylic oxidation sites excluding steroid dienone is 3. The molecule has 0 saturated heterocycles. The third-order valence-corrected chi connectivity index (χ3v) is 15.0. The Balaban J connectivity index is 1.18. The molecule has 304 valence electrons. The third-order valence-electron chi connectivity index (χ3n) is 15.0.